The first-order chi connectivity index (χ1) is 16.2. The van der Waals surface area contributed by atoms with E-state index in [-0.39, 0.29) is 23.9 Å². The zero-order valence-corrected chi connectivity index (χ0v) is 19.6. The van der Waals surface area contributed by atoms with Gasteiger partial charge in [-0.1, -0.05) is 17.7 Å². The number of amides is 2. The molecule has 0 unspecified atom stereocenters. The predicted molar refractivity (Wildman–Crippen MR) is 122 cm³/mol. The fraction of sp³-hybridized carbons (Fsp3) is 0.292. The Bertz CT molecular complexity index is 1260. The number of aromatic nitrogens is 2. The summed E-state index contributed by atoms with van der Waals surface area (Å²) in [5, 5.41) is 7.57. The lowest BCUT2D eigenvalue weighted by Gasteiger charge is -2.24. The maximum absolute atomic E-state index is 14.4. The third-order valence-corrected chi connectivity index (χ3v) is 5.63. The van der Waals surface area contributed by atoms with Crippen LogP contribution < -0.4 is 10.1 Å². The number of fused-ring (bicyclic) bond motifs is 3. The average molecular weight is 489 g/mol. The Morgan fingerprint density at radius 1 is 1.24 bits per heavy atom. The van der Waals surface area contributed by atoms with Gasteiger partial charge in [0.1, 0.15) is 30.5 Å². The number of nitrogens with one attached hydrogen (secondary N) is 1. The largest absolute Gasteiger partial charge is 0.488 e. The smallest absolute Gasteiger partial charge is 0.275 e. The molecule has 2 aromatic carbocycles. The molecule has 0 radical (unpaired) electrons. The minimum atomic E-state index is -0.808. The van der Waals surface area contributed by atoms with Crippen molar-refractivity contribution in [2.45, 2.75) is 33.0 Å². The molecule has 1 aliphatic rings. The van der Waals surface area contributed by atoms with Gasteiger partial charge in [-0.15, -0.1) is 0 Å². The van der Waals surface area contributed by atoms with E-state index in [4.69, 9.17) is 16.3 Å². The lowest BCUT2D eigenvalue weighted by Crippen LogP contribution is -2.43. The van der Waals surface area contributed by atoms with Crippen LogP contribution in [-0.4, -0.2) is 39.1 Å². The number of nitrogens with zero attached hydrogens (tertiary/aromatic N) is 3. The highest BCUT2D eigenvalue weighted by atomic mass is 35.5. The molecule has 10 heteroatoms. The molecule has 178 valence electrons. The molecule has 7 nitrogen and oxygen atoms in total. The second-order valence-electron chi connectivity index (χ2n) is 8.31. The Kier molecular flexibility index (Phi) is 6.56. The molecule has 0 aliphatic carbocycles. The maximum Gasteiger partial charge on any atom is 0.275 e. The summed E-state index contributed by atoms with van der Waals surface area (Å²) in [6.07, 6.45) is 0. The highest BCUT2D eigenvalue weighted by molar-refractivity contribution is 6.31. The molecule has 1 aliphatic heterocycles. The van der Waals surface area contributed by atoms with Gasteiger partial charge in [-0.05, 0) is 44.2 Å². The van der Waals surface area contributed by atoms with Crippen LogP contribution in [0.5, 0.6) is 5.75 Å². The summed E-state index contributed by atoms with van der Waals surface area (Å²) in [5.41, 5.74) is 1.55. The molecular formula is C24H23ClF2N4O3. The average Bonchev–Trinajstić information content (AvgIpc) is 3.11. The van der Waals surface area contributed by atoms with E-state index in [0.717, 1.165) is 17.0 Å². The lowest BCUT2D eigenvalue weighted by atomic mass is 10.0. The number of halogens is 3. The maximum atomic E-state index is 14.4. The van der Waals surface area contributed by atoms with Gasteiger partial charge in [0.25, 0.3) is 5.91 Å². The SMILES string of the molecule is CC(C)NC(=O)CN(Cc1c(F)cccc1F)C(=O)c1nn(C)c2c1COc1ccc(Cl)cc1-2. The van der Waals surface area contributed by atoms with Crippen molar-refractivity contribution < 1.29 is 23.1 Å². The van der Waals surface area contributed by atoms with E-state index in [2.05, 4.69) is 10.4 Å². The number of hydrogen-bond acceptors (Lipinski definition) is 4. The minimum Gasteiger partial charge on any atom is -0.488 e. The summed E-state index contributed by atoms with van der Waals surface area (Å²) in [7, 11) is 1.68. The molecule has 0 bridgehead atoms. The van der Waals surface area contributed by atoms with Crippen LogP contribution in [0.3, 0.4) is 0 Å². The number of carbonyl (C=O) groups is 2. The Morgan fingerprint density at radius 3 is 2.62 bits per heavy atom. The van der Waals surface area contributed by atoms with Crippen molar-refractivity contribution in [3.63, 3.8) is 0 Å². The second-order valence-corrected chi connectivity index (χ2v) is 8.75. The number of aryl methyl sites for hydroxylation is 1. The highest BCUT2D eigenvalue weighted by Gasteiger charge is 2.32. The molecule has 0 fully saturated rings. The lowest BCUT2D eigenvalue weighted by molar-refractivity contribution is -0.122. The zero-order chi connectivity index (χ0) is 24.6. The second kappa shape index (κ2) is 9.42. The summed E-state index contributed by atoms with van der Waals surface area (Å²) in [4.78, 5) is 27.2. The Hall–Kier alpha value is -3.46. The molecule has 0 saturated carbocycles. The molecule has 3 aromatic rings. The Labute approximate surface area is 200 Å². The van der Waals surface area contributed by atoms with Crippen molar-refractivity contribution in [1.82, 2.24) is 20.0 Å². The van der Waals surface area contributed by atoms with Crippen molar-refractivity contribution in [2.75, 3.05) is 6.54 Å². The fourth-order valence-electron chi connectivity index (χ4n) is 3.94. The first-order valence-corrected chi connectivity index (χ1v) is 11.0. The van der Waals surface area contributed by atoms with Crippen LogP contribution in [0.15, 0.2) is 36.4 Å². The van der Waals surface area contributed by atoms with Gasteiger partial charge in [0.15, 0.2) is 5.69 Å². The van der Waals surface area contributed by atoms with Crippen molar-refractivity contribution in [2.24, 2.45) is 7.05 Å². The Balaban J connectivity index is 1.74. The minimum absolute atomic E-state index is 0.0391. The topological polar surface area (TPSA) is 76.5 Å². The van der Waals surface area contributed by atoms with Crippen LogP contribution in [0.25, 0.3) is 11.3 Å². The summed E-state index contributed by atoms with van der Waals surface area (Å²) < 4.78 is 36.1. The van der Waals surface area contributed by atoms with Gasteiger partial charge in [-0.3, -0.25) is 14.3 Å². The van der Waals surface area contributed by atoms with E-state index in [1.54, 1.807) is 39.1 Å². The van der Waals surface area contributed by atoms with Gasteiger partial charge < -0.3 is 15.0 Å². The molecule has 0 atom stereocenters. The van der Waals surface area contributed by atoms with E-state index in [1.807, 2.05) is 0 Å². The highest BCUT2D eigenvalue weighted by Crippen LogP contribution is 2.40. The van der Waals surface area contributed by atoms with Gasteiger partial charge in [0.05, 0.1) is 12.2 Å². The molecule has 34 heavy (non-hydrogen) atoms. The van der Waals surface area contributed by atoms with Gasteiger partial charge in [0.2, 0.25) is 5.91 Å². The number of rotatable bonds is 6. The quantitative estimate of drug-likeness (QED) is 0.567. The Morgan fingerprint density at radius 2 is 1.94 bits per heavy atom. The van der Waals surface area contributed by atoms with Crippen LogP contribution in [0.2, 0.25) is 5.02 Å². The summed E-state index contributed by atoms with van der Waals surface area (Å²) >= 11 is 6.16. The molecule has 4 rings (SSSR count). The van der Waals surface area contributed by atoms with Crippen LogP contribution in [0.4, 0.5) is 8.78 Å². The predicted octanol–water partition coefficient (Wildman–Crippen LogP) is 4.08. The van der Waals surface area contributed by atoms with Crippen molar-refractivity contribution in [3.8, 4) is 17.0 Å². The van der Waals surface area contributed by atoms with Gasteiger partial charge in [-0.2, -0.15) is 5.10 Å². The van der Waals surface area contributed by atoms with Crippen molar-refractivity contribution in [1.29, 1.82) is 0 Å². The van der Waals surface area contributed by atoms with E-state index in [1.165, 1.54) is 10.7 Å². The molecule has 2 heterocycles. The summed E-state index contributed by atoms with van der Waals surface area (Å²) in [5.74, 6) is -2.12. The standard InChI is InChI=1S/C24H23ClF2N4O3/c1-13(2)28-21(32)11-31(10-16-18(26)5-4-6-19(16)27)24(33)22-17-12-34-20-8-7-14(25)9-15(20)23(17)30(3)29-22/h4-9,13H,10-12H2,1-3H3,(H,28,32). The van der Waals surface area contributed by atoms with Gasteiger partial charge >= 0.3 is 0 Å². The fourth-order valence-corrected chi connectivity index (χ4v) is 4.11. The number of carbonyl (C=O) groups excluding carboxylic acids is 2. The number of hydrogen-bond donors (Lipinski definition) is 1. The van der Waals surface area contributed by atoms with Crippen LogP contribution in [0, 0.1) is 11.6 Å². The number of benzene rings is 2. The third-order valence-electron chi connectivity index (χ3n) is 5.40. The van der Waals surface area contributed by atoms with Crippen LogP contribution in [-0.2, 0) is 25.0 Å². The van der Waals surface area contributed by atoms with E-state index in [9.17, 15) is 18.4 Å². The van der Waals surface area contributed by atoms with Gasteiger partial charge in [0, 0.05) is 34.8 Å². The van der Waals surface area contributed by atoms with E-state index >= 15 is 0 Å². The molecule has 0 saturated heterocycles. The van der Waals surface area contributed by atoms with Crippen LogP contribution in [0.1, 0.15) is 35.5 Å². The zero-order valence-electron chi connectivity index (χ0n) is 18.9. The molecular weight excluding hydrogens is 466 g/mol. The van der Waals surface area contributed by atoms with Crippen molar-refractivity contribution >= 4 is 23.4 Å². The molecule has 1 N–H and O–H groups in total. The molecule has 1 aromatic heterocycles. The monoisotopic (exact) mass is 488 g/mol. The molecule has 0 spiro atoms. The van der Waals surface area contributed by atoms with Crippen LogP contribution >= 0.6 is 11.6 Å². The number of ether oxygens (including phenoxy) is 1. The van der Waals surface area contributed by atoms with Crippen molar-refractivity contribution in [3.05, 3.63) is 69.9 Å². The van der Waals surface area contributed by atoms with E-state index in [0.29, 0.717) is 27.6 Å². The summed E-state index contributed by atoms with van der Waals surface area (Å²) in [6, 6.07) is 8.42. The van der Waals surface area contributed by atoms with E-state index < -0.39 is 36.5 Å². The molecule has 2 amide bonds. The van der Waals surface area contributed by atoms with Gasteiger partial charge in [-0.25, -0.2) is 8.78 Å². The normalized spacial score (nSPS) is 12.1. The first kappa shape index (κ1) is 23.7. The third kappa shape index (κ3) is 4.61. The summed E-state index contributed by atoms with van der Waals surface area (Å²) in [6.45, 7) is 2.77. The first-order valence-electron chi connectivity index (χ1n) is 10.7.